The van der Waals surface area contributed by atoms with Crippen molar-refractivity contribution in [2.24, 2.45) is 12.8 Å². The highest BCUT2D eigenvalue weighted by atomic mass is 15.3. The molecule has 1 aromatic heterocycles. The number of nitrogens with two attached hydrogens (primary N) is 1. The van der Waals surface area contributed by atoms with E-state index in [-0.39, 0.29) is 0 Å². The third-order valence-corrected chi connectivity index (χ3v) is 2.11. The summed E-state index contributed by atoms with van der Waals surface area (Å²) in [6.07, 6.45) is 2.03. The normalized spacial score (nSPS) is 13.2. The van der Waals surface area contributed by atoms with E-state index in [4.69, 9.17) is 5.73 Å². The van der Waals surface area contributed by atoms with Gasteiger partial charge in [-0.1, -0.05) is 13.8 Å². The maximum atomic E-state index is 5.58. The van der Waals surface area contributed by atoms with Crippen molar-refractivity contribution in [1.29, 1.82) is 0 Å². The zero-order valence-corrected chi connectivity index (χ0v) is 8.62. The van der Waals surface area contributed by atoms with E-state index in [1.807, 2.05) is 11.7 Å². The van der Waals surface area contributed by atoms with Crippen molar-refractivity contribution in [2.75, 3.05) is 6.54 Å². The van der Waals surface area contributed by atoms with Crippen molar-refractivity contribution in [1.82, 2.24) is 14.8 Å². The number of nitrogens with zero attached hydrogens (tertiary/aromatic N) is 3. The van der Waals surface area contributed by atoms with Crippen LogP contribution in [0.15, 0.2) is 0 Å². The van der Waals surface area contributed by atoms with Gasteiger partial charge in [0.1, 0.15) is 5.82 Å². The summed E-state index contributed by atoms with van der Waals surface area (Å²) in [7, 11) is 1.92. The van der Waals surface area contributed by atoms with Crippen molar-refractivity contribution in [3.05, 3.63) is 11.6 Å². The van der Waals surface area contributed by atoms with E-state index < -0.39 is 0 Å². The summed E-state index contributed by atoms with van der Waals surface area (Å²) >= 11 is 0. The van der Waals surface area contributed by atoms with Gasteiger partial charge in [-0.25, -0.2) is 4.98 Å². The summed E-state index contributed by atoms with van der Waals surface area (Å²) in [5, 5.41) is 4.32. The molecule has 1 atom stereocenters. The van der Waals surface area contributed by atoms with Gasteiger partial charge in [-0.05, 0) is 6.42 Å². The highest BCUT2D eigenvalue weighted by Crippen LogP contribution is 2.10. The second kappa shape index (κ2) is 4.37. The number of hydrogen-bond acceptors (Lipinski definition) is 3. The first-order valence-electron chi connectivity index (χ1n) is 4.78. The SMILES string of the molecule is CCCc1nc(C(C)CN)n(C)n1. The average Bonchev–Trinajstić information content (AvgIpc) is 2.46. The lowest BCUT2D eigenvalue weighted by Crippen LogP contribution is -2.13. The van der Waals surface area contributed by atoms with E-state index in [9.17, 15) is 0 Å². The molecule has 0 bridgehead atoms. The summed E-state index contributed by atoms with van der Waals surface area (Å²) in [5.74, 6) is 2.22. The molecule has 0 amide bonds. The Kier molecular flexibility index (Phi) is 3.42. The molecule has 0 fully saturated rings. The van der Waals surface area contributed by atoms with Crippen LogP contribution < -0.4 is 5.73 Å². The standard InChI is InChI=1S/C9H18N4/c1-4-5-8-11-9(7(2)6-10)13(3)12-8/h7H,4-6,10H2,1-3H3. The number of hydrogen-bond donors (Lipinski definition) is 1. The van der Waals surface area contributed by atoms with Crippen LogP contribution in [-0.2, 0) is 13.5 Å². The van der Waals surface area contributed by atoms with Crippen LogP contribution >= 0.6 is 0 Å². The molecule has 1 aromatic rings. The molecule has 0 aliphatic heterocycles. The Labute approximate surface area is 79.2 Å². The molecule has 0 aliphatic carbocycles. The molecule has 1 unspecified atom stereocenters. The van der Waals surface area contributed by atoms with Crippen LogP contribution in [0.25, 0.3) is 0 Å². The maximum Gasteiger partial charge on any atom is 0.150 e. The molecule has 0 saturated heterocycles. The predicted molar refractivity (Wildman–Crippen MR) is 52.5 cm³/mol. The first-order valence-corrected chi connectivity index (χ1v) is 4.78. The van der Waals surface area contributed by atoms with Crippen LogP contribution in [0.2, 0.25) is 0 Å². The molecule has 74 valence electrons. The molecule has 1 rings (SSSR count). The highest BCUT2D eigenvalue weighted by molar-refractivity contribution is 4.99. The summed E-state index contributed by atoms with van der Waals surface area (Å²) in [4.78, 5) is 4.44. The van der Waals surface area contributed by atoms with Gasteiger partial charge in [0.2, 0.25) is 0 Å². The van der Waals surface area contributed by atoms with Crippen LogP contribution in [0.1, 0.15) is 37.8 Å². The summed E-state index contributed by atoms with van der Waals surface area (Å²) < 4.78 is 1.84. The zero-order chi connectivity index (χ0) is 9.84. The fourth-order valence-electron chi connectivity index (χ4n) is 1.32. The predicted octanol–water partition coefficient (Wildman–Crippen LogP) is 0.830. The second-order valence-electron chi connectivity index (χ2n) is 3.40. The third-order valence-electron chi connectivity index (χ3n) is 2.11. The quantitative estimate of drug-likeness (QED) is 0.750. The minimum atomic E-state index is 0.295. The number of aromatic nitrogens is 3. The average molecular weight is 182 g/mol. The van der Waals surface area contributed by atoms with Crippen LogP contribution in [0.5, 0.6) is 0 Å². The molecule has 4 heteroatoms. The van der Waals surface area contributed by atoms with E-state index >= 15 is 0 Å². The van der Waals surface area contributed by atoms with Gasteiger partial charge in [0, 0.05) is 25.9 Å². The van der Waals surface area contributed by atoms with E-state index in [0.717, 1.165) is 24.5 Å². The molecular weight excluding hydrogens is 164 g/mol. The van der Waals surface area contributed by atoms with E-state index in [1.54, 1.807) is 0 Å². The fourth-order valence-corrected chi connectivity index (χ4v) is 1.32. The number of rotatable bonds is 4. The van der Waals surface area contributed by atoms with Gasteiger partial charge in [-0.2, -0.15) is 5.10 Å². The lowest BCUT2D eigenvalue weighted by Gasteiger charge is -2.05. The lowest BCUT2D eigenvalue weighted by atomic mass is 10.2. The summed E-state index contributed by atoms with van der Waals surface area (Å²) in [5.41, 5.74) is 5.58. The van der Waals surface area contributed by atoms with Crippen LogP contribution in [0.4, 0.5) is 0 Å². The van der Waals surface area contributed by atoms with E-state index in [1.165, 1.54) is 0 Å². The largest absolute Gasteiger partial charge is 0.330 e. The van der Waals surface area contributed by atoms with Crippen LogP contribution in [0.3, 0.4) is 0 Å². The Balaban J connectivity index is 2.82. The first-order chi connectivity index (χ1) is 6.19. The molecule has 0 aromatic carbocycles. The maximum absolute atomic E-state index is 5.58. The fraction of sp³-hybridized carbons (Fsp3) is 0.778. The Morgan fingerprint density at radius 1 is 1.54 bits per heavy atom. The highest BCUT2D eigenvalue weighted by Gasteiger charge is 2.11. The summed E-state index contributed by atoms with van der Waals surface area (Å²) in [6, 6.07) is 0. The Hall–Kier alpha value is -0.900. The third kappa shape index (κ3) is 2.28. The molecule has 0 aliphatic rings. The van der Waals surface area contributed by atoms with E-state index in [2.05, 4.69) is 23.9 Å². The van der Waals surface area contributed by atoms with Gasteiger partial charge < -0.3 is 5.73 Å². The van der Waals surface area contributed by atoms with Crippen molar-refractivity contribution in [3.63, 3.8) is 0 Å². The Bertz CT molecular complexity index is 267. The van der Waals surface area contributed by atoms with Crippen LogP contribution in [-0.4, -0.2) is 21.3 Å². The van der Waals surface area contributed by atoms with Crippen molar-refractivity contribution >= 4 is 0 Å². The Morgan fingerprint density at radius 3 is 2.77 bits per heavy atom. The van der Waals surface area contributed by atoms with Crippen LogP contribution in [0, 0.1) is 0 Å². The molecule has 2 N–H and O–H groups in total. The van der Waals surface area contributed by atoms with Crippen molar-refractivity contribution < 1.29 is 0 Å². The monoisotopic (exact) mass is 182 g/mol. The minimum Gasteiger partial charge on any atom is -0.330 e. The molecule has 0 radical (unpaired) electrons. The Morgan fingerprint density at radius 2 is 2.23 bits per heavy atom. The van der Waals surface area contributed by atoms with Gasteiger partial charge in [0.05, 0.1) is 0 Å². The van der Waals surface area contributed by atoms with Crippen molar-refractivity contribution in [2.45, 2.75) is 32.6 Å². The van der Waals surface area contributed by atoms with Crippen molar-refractivity contribution in [3.8, 4) is 0 Å². The topological polar surface area (TPSA) is 56.7 Å². The van der Waals surface area contributed by atoms with Gasteiger partial charge in [0.25, 0.3) is 0 Å². The molecule has 1 heterocycles. The molecular formula is C9H18N4. The molecule has 0 spiro atoms. The molecule has 13 heavy (non-hydrogen) atoms. The van der Waals surface area contributed by atoms with Gasteiger partial charge in [-0.15, -0.1) is 0 Å². The summed E-state index contributed by atoms with van der Waals surface area (Å²) in [6.45, 7) is 4.82. The number of aryl methyl sites for hydroxylation is 2. The minimum absolute atomic E-state index is 0.295. The molecule has 0 saturated carbocycles. The van der Waals surface area contributed by atoms with Gasteiger partial charge in [-0.3, -0.25) is 4.68 Å². The molecule has 4 nitrogen and oxygen atoms in total. The second-order valence-corrected chi connectivity index (χ2v) is 3.40. The first kappa shape index (κ1) is 10.2. The smallest absolute Gasteiger partial charge is 0.150 e. The van der Waals surface area contributed by atoms with E-state index in [0.29, 0.717) is 12.5 Å². The zero-order valence-electron chi connectivity index (χ0n) is 8.62. The van der Waals surface area contributed by atoms with Gasteiger partial charge in [0.15, 0.2) is 5.82 Å². The lowest BCUT2D eigenvalue weighted by molar-refractivity contribution is 0.627. The van der Waals surface area contributed by atoms with Gasteiger partial charge >= 0.3 is 0 Å².